The monoisotopic (exact) mass is 610 g/mol. The number of ether oxygens (including phenoxy) is 3. The van der Waals surface area contributed by atoms with E-state index in [9.17, 15) is 9.59 Å². The summed E-state index contributed by atoms with van der Waals surface area (Å²) in [6, 6.07) is 21.3. The molecule has 1 aromatic heterocycles. The van der Waals surface area contributed by atoms with Crippen LogP contribution in [-0.4, -0.2) is 23.8 Å². The lowest BCUT2D eigenvalue weighted by molar-refractivity contribution is -0.139. The zero-order chi connectivity index (χ0) is 31.4. The molecular weight excluding hydrogens is 572 g/mol. The van der Waals surface area contributed by atoms with Gasteiger partial charge in [0.2, 0.25) is 0 Å². The van der Waals surface area contributed by atoms with Crippen LogP contribution in [0.5, 0.6) is 11.5 Å². The average Bonchev–Trinajstić information content (AvgIpc) is 3.31. The first-order chi connectivity index (χ1) is 21.2. The Morgan fingerprint density at radius 3 is 2.34 bits per heavy atom. The number of rotatable bonds is 10. The van der Waals surface area contributed by atoms with Gasteiger partial charge in [-0.2, -0.15) is 0 Å². The minimum absolute atomic E-state index is 0.223. The highest BCUT2D eigenvalue weighted by molar-refractivity contribution is 7.07. The predicted molar refractivity (Wildman–Crippen MR) is 174 cm³/mol. The van der Waals surface area contributed by atoms with E-state index in [1.165, 1.54) is 22.5 Å². The van der Waals surface area contributed by atoms with E-state index in [-0.39, 0.29) is 12.2 Å². The Bertz CT molecular complexity index is 1870. The van der Waals surface area contributed by atoms with Gasteiger partial charge < -0.3 is 14.2 Å². The summed E-state index contributed by atoms with van der Waals surface area (Å²) in [6.07, 6.45) is 1.83. The van der Waals surface area contributed by atoms with Crippen molar-refractivity contribution in [1.82, 2.24) is 4.57 Å². The van der Waals surface area contributed by atoms with Crippen molar-refractivity contribution in [2.75, 3.05) is 13.2 Å². The van der Waals surface area contributed by atoms with Gasteiger partial charge in [0.05, 0.1) is 35.1 Å². The molecule has 0 aliphatic carbocycles. The third-order valence-electron chi connectivity index (χ3n) is 7.52. The Labute approximate surface area is 261 Å². The number of esters is 1. The number of thiazole rings is 1. The molecule has 0 bridgehead atoms. The number of benzene rings is 3. The zero-order valence-corrected chi connectivity index (χ0v) is 26.9. The van der Waals surface area contributed by atoms with Crippen molar-refractivity contribution in [1.29, 1.82) is 0 Å². The molecule has 1 aliphatic rings. The van der Waals surface area contributed by atoms with Crippen LogP contribution in [0.3, 0.4) is 0 Å². The van der Waals surface area contributed by atoms with Gasteiger partial charge in [0.15, 0.2) is 16.3 Å². The lowest BCUT2D eigenvalue weighted by Crippen LogP contribution is -2.39. The number of hydrogen-bond acceptors (Lipinski definition) is 7. The van der Waals surface area contributed by atoms with Crippen molar-refractivity contribution in [3.8, 4) is 11.5 Å². The van der Waals surface area contributed by atoms with E-state index in [1.54, 1.807) is 18.4 Å². The SMILES string of the molecule is CCOC(=O)C1=C(C)N=c2sc(=Cc3ccc(OCc4ccc(C)cc4)c(OCC)c3)c(=O)n2C1c1ccc(C(C)C)cc1. The van der Waals surface area contributed by atoms with Gasteiger partial charge in [-0.15, -0.1) is 0 Å². The lowest BCUT2D eigenvalue weighted by atomic mass is 9.93. The predicted octanol–water partition coefficient (Wildman–Crippen LogP) is 6.21. The van der Waals surface area contributed by atoms with Gasteiger partial charge in [-0.25, -0.2) is 9.79 Å². The van der Waals surface area contributed by atoms with Gasteiger partial charge >= 0.3 is 5.97 Å². The van der Waals surface area contributed by atoms with Gasteiger partial charge in [-0.3, -0.25) is 9.36 Å². The Morgan fingerprint density at radius 1 is 0.955 bits per heavy atom. The van der Waals surface area contributed by atoms with Crippen LogP contribution in [0.2, 0.25) is 0 Å². The smallest absolute Gasteiger partial charge is 0.338 e. The minimum atomic E-state index is -0.648. The number of fused-ring (bicyclic) bond motifs is 1. The molecule has 2 heterocycles. The van der Waals surface area contributed by atoms with Crippen LogP contribution in [0.4, 0.5) is 0 Å². The second kappa shape index (κ2) is 13.5. The van der Waals surface area contributed by atoms with Crippen molar-refractivity contribution in [3.05, 3.63) is 126 Å². The van der Waals surface area contributed by atoms with Crippen molar-refractivity contribution in [2.24, 2.45) is 4.99 Å². The first kappa shape index (κ1) is 31.0. The van der Waals surface area contributed by atoms with Gasteiger partial charge in [0.1, 0.15) is 6.61 Å². The van der Waals surface area contributed by atoms with Crippen molar-refractivity contribution in [2.45, 2.75) is 60.1 Å². The second-order valence-corrected chi connectivity index (χ2v) is 12.0. The Balaban J connectivity index is 1.55. The van der Waals surface area contributed by atoms with Crippen LogP contribution in [0.25, 0.3) is 6.08 Å². The molecular formula is C36H38N2O5S. The number of nitrogens with zero attached hydrogens (tertiary/aromatic N) is 2. The Kier molecular flexibility index (Phi) is 9.49. The molecule has 44 heavy (non-hydrogen) atoms. The number of carbonyl (C=O) groups is 1. The van der Waals surface area contributed by atoms with E-state index in [0.29, 0.717) is 51.2 Å². The third-order valence-corrected chi connectivity index (χ3v) is 8.50. The number of aryl methyl sites for hydroxylation is 1. The molecule has 0 saturated heterocycles. The lowest BCUT2D eigenvalue weighted by Gasteiger charge is -2.25. The molecule has 1 unspecified atom stereocenters. The molecule has 0 amide bonds. The molecule has 0 saturated carbocycles. The topological polar surface area (TPSA) is 79.1 Å². The molecule has 4 aromatic rings. The van der Waals surface area contributed by atoms with Gasteiger partial charge in [-0.05, 0) is 74.1 Å². The summed E-state index contributed by atoms with van der Waals surface area (Å²) in [5.74, 6) is 1.12. The number of allylic oxidation sites excluding steroid dienone is 1. The first-order valence-corrected chi connectivity index (χ1v) is 15.8. The molecule has 0 fully saturated rings. The summed E-state index contributed by atoms with van der Waals surface area (Å²) in [4.78, 5) is 32.4. The quantitative estimate of drug-likeness (QED) is 0.200. The van der Waals surface area contributed by atoms with E-state index < -0.39 is 12.0 Å². The Morgan fingerprint density at radius 2 is 1.68 bits per heavy atom. The summed E-state index contributed by atoms with van der Waals surface area (Å²) in [5, 5.41) is 0. The van der Waals surface area contributed by atoms with Crippen molar-refractivity contribution >= 4 is 23.4 Å². The maximum Gasteiger partial charge on any atom is 0.338 e. The molecule has 8 heteroatoms. The number of carbonyl (C=O) groups excluding carboxylic acids is 1. The molecule has 0 spiro atoms. The highest BCUT2D eigenvalue weighted by Crippen LogP contribution is 2.32. The van der Waals surface area contributed by atoms with E-state index in [2.05, 4.69) is 32.9 Å². The highest BCUT2D eigenvalue weighted by Gasteiger charge is 2.33. The van der Waals surface area contributed by atoms with E-state index in [0.717, 1.165) is 16.7 Å². The number of hydrogen-bond donors (Lipinski definition) is 0. The summed E-state index contributed by atoms with van der Waals surface area (Å²) in [7, 11) is 0. The summed E-state index contributed by atoms with van der Waals surface area (Å²) in [6.45, 7) is 12.9. The molecule has 1 aliphatic heterocycles. The van der Waals surface area contributed by atoms with Crippen molar-refractivity contribution in [3.63, 3.8) is 0 Å². The highest BCUT2D eigenvalue weighted by atomic mass is 32.1. The minimum Gasteiger partial charge on any atom is -0.490 e. The van der Waals surface area contributed by atoms with Crippen LogP contribution in [0, 0.1) is 6.92 Å². The summed E-state index contributed by atoms with van der Waals surface area (Å²) >= 11 is 1.30. The van der Waals surface area contributed by atoms with Crippen molar-refractivity contribution < 1.29 is 19.0 Å². The average molecular weight is 611 g/mol. The van der Waals surface area contributed by atoms with Gasteiger partial charge in [0.25, 0.3) is 5.56 Å². The first-order valence-electron chi connectivity index (χ1n) is 14.9. The van der Waals surface area contributed by atoms with Crippen LogP contribution in [-0.2, 0) is 16.1 Å². The molecule has 5 rings (SSSR count). The molecule has 3 aromatic carbocycles. The van der Waals surface area contributed by atoms with Crippen LogP contribution in [0.15, 0.2) is 87.8 Å². The van der Waals surface area contributed by atoms with Gasteiger partial charge in [-0.1, -0.05) is 85.3 Å². The zero-order valence-electron chi connectivity index (χ0n) is 26.0. The van der Waals surface area contributed by atoms with E-state index in [1.807, 2.05) is 67.6 Å². The Hall–Kier alpha value is -4.43. The maximum absolute atomic E-state index is 14.0. The molecule has 0 N–H and O–H groups in total. The molecule has 7 nitrogen and oxygen atoms in total. The fraction of sp³-hybridized carbons (Fsp3) is 0.306. The molecule has 0 radical (unpaired) electrons. The maximum atomic E-state index is 14.0. The summed E-state index contributed by atoms with van der Waals surface area (Å²) in [5.41, 5.74) is 5.75. The second-order valence-electron chi connectivity index (χ2n) is 11.0. The van der Waals surface area contributed by atoms with E-state index >= 15 is 0 Å². The van der Waals surface area contributed by atoms with Gasteiger partial charge in [0, 0.05) is 0 Å². The van der Waals surface area contributed by atoms with Crippen LogP contribution >= 0.6 is 11.3 Å². The summed E-state index contributed by atoms with van der Waals surface area (Å²) < 4.78 is 19.5. The fourth-order valence-electron chi connectivity index (χ4n) is 5.17. The normalized spacial score (nSPS) is 14.8. The third kappa shape index (κ3) is 6.55. The molecule has 1 atom stereocenters. The largest absolute Gasteiger partial charge is 0.490 e. The van der Waals surface area contributed by atoms with Crippen LogP contribution in [0.1, 0.15) is 74.4 Å². The fourth-order valence-corrected chi connectivity index (χ4v) is 6.22. The molecule has 228 valence electrons. The number of aromatic nitrogens is 1. The standard InChI is InChI=1S/C36H38N2O5S/c1-7-41-30-19-26(13-18-29(30)43-21-25-11-9-23(5)10-12-25)20-31-34(39)38-33(28-16-14-27(15-17-28)22(3)4)32(35(40)42-8-2)24(6)37-36(38)44-31/h9-20,22,33H,7-8,21H2,1-6H3. The van der Waals surface area contributed by atoms with Crippen LogP contribution < -0.4 is 24.4 Å². The van der Waals surface area contributed by atoms with E-state index in [4.69, 9.17) is 19.2 Å².